The molecule has 0 spiro atoms. The van der Waals surface area contributed by atoms with Gasteiger partial charge in [-0.1, -0.05) is 42.5 Å². The predicted octanol–water partition coefficient (Wildman–Crippen LogP) is 3.15. The van der Waals surface area contributed by atoms with E-state index in [1.807, 2.05) is 48.5 Å². The fourth-order valence-corrected chi connectivity index (χ4v) is 3.23. The van der Waals surface area contributed by atoms with Crippen molar-refractivity contribution in [3.8, 4) is 0 Å². The van der Waals surface area contributed by atoms with Crippen molar-refractivity contribution in [3.05, 3.63) is 66.0 Å². The van der Waals surface area contributed by atoms with E-state index in [9.17, 15) is 4.79 Å². The van der Waals surface area contributed by atoms with Gasteiger partial charge in [-0.2, -0.15) is 0 Å². The highest BCUT2D eigenvalue weighted by molar-refractivity contribution is 5.87. The van der Waals surface area contributed by atoms with Crippen molar-refractivity contribution in [2.24, 2.45) is 5.73 Å². The molecule has 136 valence electrons. The van der Waals surface area contributed by atoms with Gasteiger partial charge in [0.15, 0.2) is 0 Å². The summed E-state index contributed by atoms with van der Waals surface area (Å²) in [5, 5.41) is 2.96. The van der Waals surface area contributed by atoms with Crippen LogP contribution in [0.4, 0.5) is 0 Å². The van der Waals surface area contributed by atoms with E-state index >= 15 is 0 Å². The maximum Gasteiger partial charge on any atom is 0.244 e. The lowest BCUT2D eigenvalue weighted by Gasteiger charge is -2.24. The van der Waals surface area contributed by atoms with Gasteiger partial charge in [-0.15, -0.1) is 0 Å². The second-order valence-electron chi connectivity index (χ2n) is 7.05. The molecule has 0 saturated carbocycles. The molecule has 1 unspecified atom stereocenters. The Morgan fingerprint density at radius 2 is 1.81 bits per heavy atom. The number of fused-ring (bicyclic) bond motifs is 1. The molecule has 3 rings (SSSR count). The van der Waals surface area contributed by atoms with Gasteiger partial charge in [0.2, 0.25) is 5.91 Å². The summed E-state index contributed by atoms with van der Waals surface area (Å²) < 4.78 is 2.22. The Kier molecular flexibility index (Phi) is 5.09. The molecule has 0 aliphatic carbocycles. The van der Waals surface area contributed by atoms with Crippen LogP contribution in [-0.4, -0.2) is 22.0 Å². The number of para-hydroxylation sites is 2. The Hall–Kier alpha value is -2.66. The van der Waals surface area contributed by atoms with Gasteiger partial charge < -0.3 is 15.6 Å². The first-order chi connectivity index (χ1) is 12.4. The van der Waals surface area contributed by atoms with Crippen molar-refractivity contribution < 1.29 is 4.79 Å². The largest absolute Gasteiger partial charge is 0.354 e. The van der Waals surface area contributed by atoms with Crippen LogP contribution in [0.15, 0.2) is 54.6 Å². The predicted molar refractivity (Wildman–Crippen MR) is 105 cm³/mol. The zero-order chi connectivity index (χ0) is 18.7. The average Bonchev–Trinajstić information content (AvgIpc) is 3.00. The van der Waals surface area contributed by atoms with Crippen LogP contribution in [0.1, 0.15) is 38.2 Å². The molecular formula is C21H26N4O. The molecule has 3 aromatic rings. The molecule has 0 fully saturated rings. The zero-order valence-corrected chi connectivity index (χ0v) is 15.6. The number of carbonyl (C=O) groups is 1. The van der Waals surface area contributed by atoms with Crippen LogP contribution in [0.2, 0.25) is 0 Å². The van der Waals surface area contributed by atoms with Gasteiger partial charge in [-0.25, -0.2) is 4.98 Å². The highest BCUT2D eigenvalue weighted by Crippen LogP contribution is 2.21. The quantitative estimate of drug-likeness (QED) is 0.717. The molecule has 0 bridgehead atoms. The van der Waals surface area contributed by atoms with E-state index in [1.165, 1.54) is 0 Å². The Morgan fingerprint density at radius 1 is 1.15 bits per heavy atom. The van der Waals surface area contributed by atoms with Gasteiger partial charge in [0, 0.05) is 19.0 Å². The number of carbonyl (C=O) groups excluding carboxylic acids is 1. The lowest BCUT2D eigenvalue weighted by atomic mass is 9.92. The topological polar surface area (TPSA) is 72.9 Å². The summed E-state index contributed by atoms with van der Waals surface area (Å²) in [4.78, 5) is 17.3. The van der Waals surface area contributed by atoms with Crippen molar-refractivity contribution in [1.82, 2.24) is 14.9 Å². The third kappa shape index (κ3) is 3.48. The molecule has 1 aromatic heterocycles. The third-order valence-corrected chi connectivity index (χ3v) is 4.66. The summed E-state index contributed by atoms with van der Waals surface area (Å²) in [6.45, 7) is 6.51. The van der Waals surface area contributed by atoms with E-state index in [0.29, 0.717) is 19.0 Å². The number of hydrogen-bond donors (Lipinski definition) is 2. The van der Waals surface area contributed by atoms with Crippen LogP contribution in [-0.2, 0) is 16.8 Å². The van der Waals surface area contributed by atoms with E-state index in [0.717, 1.165) is 22.4 Å². The van der Waals surface area contributed by atoms with E-state index < -0.39 is 5.54 Å². The first-order valence-electron chi connectivity index (χ1n) is 9.00. The molecule has 5 nitrogen and oxygen atoms in total. The van der Waals surface area contributed by atoms with E-state index in [-0.39, 0.29) is 5.91 Å². The first kappa shape index (κ1) is 18.1. The number of hydrogen-bond acceptors (Lipinski definition) is 3. The number of nitrogens with one attached hydrogen (secondary N) is 1. The minimum absolute atomic E-state index is 0.184. The van der Waals surface area contributed by atoms with E-state index in [1.54, 1.807) is 6.92 Å². The Bertz CT molecular complexity index is 897. The SMILES string of the molecule is CC(C)n1c(CCNC(=O)C(C)(N)c2ccccc2)nc2ccccc21. The highest BCUT2D eigenvalue weighted by atomic mass is 16.2. The summed E-state index contributed by atoms with van der Waals surface area (Å²) in [5.74, 6) is 0.788. The monoisotopic (exact) mass is 350 g/mol. The smallest absolute Gasteiger partial charge is 0.244 e. The molecular weight excluding hydrogens is 324 g/mol. The summed E-state index contributed by atoms with van der Waals surface area (Å²) in [5.41, 5.74) is 8.11. The lowest BCUT2D eigenvalue weighted by Crippen LogP contribution is -2.49. The van der Waals surface area contributed by atoms with Crippen molar-refractivity contribution in [2.75, 3.05) is 6.54 Å². The van der Waals surface area contributed by atoms with Gasteiger partial charge in [0.25, 0.3) is 0 Å². The molecule has 0 aliphatic rings. The number of amides is 1. The Balaban J connectivity index is 1.71. The maximum absolute atomic E-state index is 12.6. The van der Waals surface area contributed by atoms with Crippen molar-refractivity contribution in [3.63, 3.8) is 0 Å². The van der Waals surface area contributed by atoms with Gasteiger partial charge in [0.05, 0.1) is 11.0 Å². The number of imidazole rings is 1. The van der Waals surface area contributed by atoms with Gasteiger partial charge in [-0.05, 0) is 38.5 Å². The summed E-state index contributed by atoms with van der Waals surface area (Å²) >= 11 is 0. The second-order valence-corrected chi connectivity index (χ2v) is 7.05. The van der Waals surface area contributed by atoms with Crippen LogP contribution in [0, 0.1) is 0 Å². The van der Waals surface area contributed by atoms with Crippen LogP contribution in [0.25, 0.3) is 11.0 Å². The summed E-state index contributed by atoms with van der Waals surface area (Å²) in [6.07, 6.45) is 0.656. The number of rotatable bonds is 6. The molecule has 1 amide bonds. The maximum atomic E-state index is 12.6. The minimum Gasteiger partial charge on any atom is -0.354 e. The normalized spacial score (nSPS) is 13.7. The van der Waals surface area contributed by atoms with E-state index in [2.05, 4.69) is 29.8 Å². The van der Waals surface area contributed by atoms with Crippen LogP contribution in [0.3, 0.4) is 0 Å². The molecule has 26 heavy (non-hydrogen) atoms. The molecule has 0 saturated heterocycles. The number of nitrogens with two attached hydrogens (primary N) is 1. The van der Waals surface area contributed by atoms with Gasteiger partial charge in [-0.3, -0.25) is 4.79 Å². The molecule has 0 radical (unpaired) electrons. The Morgan fingerprint density at radius 3 is 2.50 bits per heavy atom. The first-order valence-corrected chi connectivity index (χ1v) is 9.00. The molecule has 1 heterocycles. The number of benzene rings is 2. The van der Waals surface area contributed by atoms with Crippen LogP contribution < -0.4 is 11.1 Å². The molecule has 1 atom stereocenters. The molecule has 0 aliphatic heterocycles. The molecule has 5 heteroatoms. The fourth-order valence-electron chi connectivity index (χ4n) is 3.23. The molecule has 2 aromatic carbocycles. The second kappa shape index (κ2) is 7.30. The fraction of sp³-hybridized carbons (Fsp3) is 0.333. The molecule has 3 N–H and O–H groups in total. The highest BCUT2D eigenvalue weighted by Gasteiger charge is 2.30. The van der Waals surface area contributed by atoms with Crippen molar-refractivity contribution in [1.29, 1.82) is 0 Å². The summed E-state index contributed by atoms with van der Waals surface area (Å²) in [6, 6.07) is 17.8. The van der Waals surface area contributed by atoms with Crippen molar-refractivity contribution in [2.45, 2.75) is 38.8 Å². The van der Waals surface area contributed by atoms with Crippen molar-refractivity contribution >= 4 is 16.9 Å². The zero-order valence-electron chi connectivity index (χ0n) is 15.6. The lowest BCUT2D eigenvalue weighted by molar-refractivity contribution is -0.126. The van der Waals surface area contributed by atoms with Crippen LogP contribution in [0.5, 0.6) is 0 Å². The number of aromatic nitrogens is 2. The van der Waals surface area contributed by atoms with E-state index in [4.69, 9.17) is 10.7 Å². The minimum atomic E-state index is -1.06. The standard InChI is InChI=1S/C21H26N4O/c1-15(2)25-18-12-8-7-11-17(18)24-19(25)13-14-23-20(26)21(3,22)16-9-5-4-6-10-16/h4-12,15H,13-14,22H2,1-3H3,(H,23,26). The number of nitrogens with zero attached hydrogens (tertiary/aromatic N) is 2. The Labute approximate surface area is 154 Å². The van der Waals surface area contributed by atoms with Gasteiger partial charge >= 0.3 is 0 Å². The van der Waals surface area contributed by atoms with Gasteiger partial charge in [0.1, 0.15) is 11.4 Å². The summed E-state index contributed by atoms with van der Waals surface area (Å²) in [7, 11) is 0. The average molecular weight is 350 g/mol. The van der Waals surface area contributed by atoms with Crippen LogP contribution >= 0.6 is 0 Å². The third-order valence-electron chi connectivity index (χ3n) is 4.66.